The van der Waals surface area contributed by atoms with Crippen LogP contribution in [0.5, 0.6) is 0 Å². The van der Waals surface area contributed by atoms with Crippen molar-refractivity contribution in [3.63, 3.8) is 0 Å². The van der Waals surface area contributed by atoms with Gasteiger partial charge in [-0.15, -0.1) is 0 Å². The van der Waals surface area contributed by atoms with E-state index in [1.165, 1.54) is 0 Å². The van der Waals surface area contributed by atoms with Gasteiger partial charge in [0.2, 0.25) is 0 Å². The van der Waals surface area contributed by atoms with Gasteiger partial charge >= 0.3 is 0 Å². The summed E-state index contributed by atoms with van der Waals surface area (Å²) in [6, 6.07) is 4.05. The van der Waals surface area contributed by atoms with Crippen LogP contribution in [0.15, 0.2) is 41.4 Å². The molecular weight excluding hydrogens is 600 g/mol. The monoisotopic (exact) mass is 634 g/mol. The molecule has 14 heteroatoms. The van der Waals surface area contributed by atoms with Crippen molar-refractivity contribution >= 4 is 32.4 Å². The third-order valence-corrected chi connectivity index (χ3v) is 9.34. The number of anilines is 2. The molecule has 0 atom stereocenters. The van der Waals surface area contributed by atoms with E-state index in [2.05, 4.69) is 15.4 Å². The minimum atomic E-state index is -4.94. The number of methoxy groups -OCH3 is 1. The lowest BCUT2D eigenvalue weighted by Crippen LogP contribution is -2.34. The molecular formula is C30H34F4N6O3S. The van der Waals surface area contributed by atoms with E-state index in [9.17, 15) is 17.2 Å². The zero-order valence-electron chi connectivity index (χ0n) is 24.5. The number of sulfonamides is 1. The van der Waals surface area contributed by atoms with Crippen molar-refractivity contribution in [3.8, 4) is 11.3 Å². The van der Waals surface area contributed by atoms with Gasteiger partial charge in [0.05, 0.1) is 23.2 Å². The van der Waals surface area contributed by atoms with E-state index < -0.39 is 43.9 Å². The molecule has 0 amide bonds. The first-order valence-corrected chi connectivity index (χ1v) is 15.8. The molecule has 236 valence electrons. The minimum absolute atomic E-state index is 0.0430. The molecule has 1 aliphatic rings. The van der Waals surface area contributed by atoms with E-state index >= 15 is 8.78 Å². The Hall–Kier alpha value is -3.75. The van der Waals surface area contributed by atoms with E-state index in [4.69, 9.17) is 10.5 Å². The third-order valence-electron chi connectivity index (χ3n) is 7.92. The van der Waals surface area contributed by atoms with Crippen LogP contribution in [0.1, 0.15) is 57.1 Å². The molecule has 0 saturated heterocycles. The summed E-state index contributed by atoms with van der Waals surface area (Å²) in [6.45, 7) is 5.21. The Morgan fingerprint density at radius 3 is 2.36 bits per heavy atom. The van der Waals surface area contributed by atoms with E-state index in [-0.39, 0.29) is 29.0 Å². The van der Waals surface area contributed by atoms with Crippen LogP contribution in [0, 0.1) is 23.3 Å². The van der Waals surface area contributed by atoms with Crippen LogP contribution < -0.4 is 15.8 Å². The van der Waals surface area contributed by atoms with Crippen molar-refractivity contribution in [1.29, 1.82) is 0 Å². The van der Waals surface area contributed by atoms with Gasteiger partial charge in [-0.3, -0.25) is 9.40 Å². The van der Waals surface area contributed by atoms with Gasteiger partial charge in [0.1, 0.15) is 34.8 Å². The second kappa shape index (κ2) is 12.7. The molecule has 9 nitrogen and oxygen atoms in total. The maximum atomic E-state index is 15.7. The average Bonchev–Trinajstić information content (AvgIpc) is 3.37. The fraction of sp³-hybridized carbons (Fsp3) is 0.400. The molecule has 1 aliphatic carbocycles. The Kier molecular flexibility index (Phi) is 9.14. The van der Waals surface area contributed by atoms with Gasteiger partial charge < -0.3 is 15.8 Å². The standard InChI is InChI=1S/C30H34F4N6O3S/c1-16(2)40-28-20(17-7-9-18(10-8-17)36-11-12-43-3)15-37-30(35)26(28)27(38-40)19-13-24(34)25(14-23(19)33)39-44(41,42)29-21(31)5-4-6-22(29)32/h4-6,13-18,36,39H,7-12H2,1-3H3,(H2,35,37)/t17-,18-. The fourth-order valence-corrected chi connectivity index (χ4v) is 6.99. The number of hydrogen-bond acceptors (Lipinski definition) is 7. The molecule has 5 rings (SSSR count). The molecule has 0 radical (unpaired) electrons. The highest BCUT2D eigenvalue weighted by Crippen LogP contribution is 2.42. The summed E-state index contributed by atoms with van der Waals surface area (Å²) >= 11 is 0. The summed E-state index contributed by atoms with van der Waals surface area (Å²) in [6.07, 6.45) is 5.37. The van der Waals surface area contributed by atoms with Crippen LogP contribution in [0.25, 0.3) is 22.2 Å². The molecule has 44 heavy (non-hydrogen) atoms. The number of hydrogen-bond donors (Lipinski definition) is 3. The predicted molar refractivity (Wildman–Crippen MR) is 160 cm³/mol. The van der Waals surface area contributed by atoms with Crippen molar-refractivity contribution in [2.45, 2.75) is 62.4 Å². The van der Waals surface area contributed by atoms with Crippen LogP contribution >= 0.6 is 0 Å². The Morgan fingerprint density at radius 1 is 1.05 bits per heavy atom. The van der Waals surface area contributed by atoms with Gasteiger partial charge in [-0.1, -0.05) is 6.07 Å². The van der Waals surface area contributed by atoms with Crippen LogP contribution in [0.4, 0.5) is 29.1 Å². The molecule has 2 aromatic heterocycles. The number of halogens is 4. The summed E-state index contributed by atoms with van der Waals surface area (Å²) < 4.78 is 93.4. The largest absolute Gasteiger partial charge is 0.383 e. The highest BCUT2D eigenvalue weighted by atomic mass is 32.2. The lowest BCUT2D eigenvalue weighted by Gasteiger charge is -2.30. The van der Waals surface area contributed by atoms with E-state index in [0.29, 0.717) is 29.6 Å². The molecule has 4 N–H and O–H groups in total. The molecule has 2 heterocycles. The summed E-state index contributed by atoms with van der Waals surface area (Å²) in [7, 11) is -3.27. The van der Waals surface area contributed by atoms with E-state index in [1.54, 1.807) is 22.7 Å². The third kappa shape index (κ3) is 6.10. The van der Waals surface area contributed by atoms with Crippen molar-refractivity contribution in [1.82, 2.24) is 20.1 Å². The topological polar surface area (TPSA) is 124 Å². The van der Waals surface area contributed by atoms with Crippen molar-refractivity contribution in [2.24, 2.45) is 0 Å². The summed E-state index contributed by atoms with van der Waals surface area (Å²) in [5.74, 6) is -4.74. The van der Waals surface area contributed by atoms with Crippen molar-refractivity contribution in [2.75, 3.05) is 30.7 Å². The SMILES string of the molecule is COCCN[C@H]1CC[C@H](c2cnc(N)c3c(-c4cc(F)c(NS(=O)(=O)c5c(F)cccc5F)cc4F)nn(C(C)C)c32)CC1. The lowest BCUT2D eigenvalue weighted by molar-refractivity contribution is 0.191. The quantitative estimate of drug-likeness (QED) is 0.147. The molecule has 0 spiro atoms. The first-order valence-electron chi connectivity index (χ1n) is 14.3. The Morgan fingerprint density at radius 2 is 1.73 bits per heavy atom. The molecule has 0 aliphatic heterocycles. The number of nitrogens with zero attached hydrogens (tertiary/aromatic N) is 3. The van der Waals surface area contributed by atoms with Crippen LogP contribution in [-0.2, 0) is 14.8 Å². The molecule has 2 aromatic carbocycles. The highest BCUT2D eigenvalue weighted by molar-refractivity contribution is 7.92. The number of pyridine rings is 1. The fourth-order valence-electron chi connectivity index (χ4n) is 5.79. The minimum Gasteiger partial charge on any atom is -0.383 e. The van der Waals surface area contributed by atoms with Crippen LogP contribution in [-0.4, -0.2) is 49.5 Å². The number of nitrogen functional groups attached to an aromatic ring is 1. The number of ether oxygens (including phenoxy) is 1. The normalized spacial score (nSPS) is 17.5. The predicted octanol–water partition coefficient (Wildman–Crippen LogP) is 5.88. The Labute approximate surface area is 252 Å². The lowest BCUT2D eigenvalue weighted by atomic mass is 9.81. The molecule has 1 fully saturated rings. The maximum absolute atomic E-state index is 15.7. The zero-order valence-corrected chi connectivity index (χ0v) is 25.3. The maximum Gasteiger partial charge on any atom is 0.267 e. The smallest absolute Gasteiger partial charge is 0.267 e. The second-order valence-corrected chi connectivity index (χ2v) is 12.8. The number of rotatable bonds is 10. The Balaban J connectivity index is 1.53. The van der Waals surface area contributed by atoms with Gasteiger partial charge in [0.15, 0.2) is 4.90 Å². The van der Waals surface area contributed by atoms with Gasteiger partial charge in [-0.2, -0.15) is 5.10 Å². The average molecular weight is 635 g/mol. The molecule has 0 bridgehead atoms. The van der Waals surface area contributed by atoms with Crippen LogP contribution in [0.3, 0.4) is 0 Å². The Bertz CT molecular complexity index is 1770. The number of nitrogens with one attached hydrogen (secondary N) is 2. The van der Waals surface area contributed by atoms with Gasteiger partial charge in [0, 0.05) is 43.6 Å². The zero-order chi connectivity index (χ0) is 31.8. The first-order chi connectivity index (χ1) is 20.9. The van der Waals surface area contributed by atoms with Gasteiger partial charge in [-0.05, 0) is 69.2 Å². The molecule has 1 saturated carbocycles. The molecule has 0 unspecified atom stereocenters. The number of benzene rings is 2. The summed E-state index contributed by atoms with van der Waals surface area (Å²) in [4.78, 5) is 3.09. The molecule has 4 aromatic rings. The number of fused-ring (bicyclic) bond motifs is 1. The van der Waals surface area contributed by atoms with E-state index in [0.717, 1.165) is 62.1 Å². The highest BCUT2D eigenvalue weighted by Gasteiger charge is 2.30. The number of aromatic nitrogens is 3. The van der Waals surface area contributed by atoms with Gasteiger partial charge in [-0.25, -0.2) is 31.0 Å². The first kappa shape index (κ1) is 31.7. The number of nitrogens with two attached hydrogens (primary N) is 1. The van der Waals surface area contributed by atoms with Gasteiger partial charge in [0.25, 0.3) is 10.0 Å². The second-order valence-electron chi connectivity index (χ2n) is 11.2. The van der Waals surface area contributed by atoms with E-state index in [1.807, 2.05) is 13.8 Å². The van der Waals surface area contributed by atoms with Crippen molar-refractivity contribution in [3.05, 3.63) is 65.4 Å². The van der Waals surface area contributed by atoms with Crippen LogP contribution in [0.2, 0.25) is 0 Å². The summed E-state index contributed by atoms with van der Waals surface area (Å²) in [5.41, 5.74) is 6.85. The summed E-state index contributed by atoms with van der Waals surface area (Å²) in [5, 5.41) is 8.51. The van der Waals surface area contributed by atoms with Crippen molar-refractivity contribution < 1.29 is 30.7 Å².